The summed E-state index contributed by atoms with van der Waals surface area (Å²) in [5.74, 6) is -0.937. The fraction of sp³-hybridized carbons (Fsp3) is 0.350. The predicted octanol–water partition coefficient (Wildman–Crippen LogP) is 1.78. The molecule has 0 amide bonds. The van der Waals surface area contributed by atoms with Crippen LogP contribution in [0.25, 0.3) is 16.9 Å². The van der Waals surface area contributed by atoms with Gasteiger partial charge in [0.2, 0.25) is 0 Å². The van der Waals surface area contributed by atoms with E-state index >= 15 is 0 Å². The monoisotopic (exact) mass is 420 g/mol. The molecule has 2 aromatic heterocycles. The average molecular weight is 420 g/mol. The highest BCUT2D eigenvalue weighted by atomic mass is 19.1. The van der Waals surface area contributed by atoms with Gasteiger partial charge in [0.25, 0.3) is 0 Å². The third kappa shape index (κ3) is 5.72. The summed E-state index contributed by atoms with van der Waals surface area (Å²) in [6.07, 6.45) is 2.24. The minimum absolute atomic E-state index is 0.127. The van der Waals surface area contributed by atoms with Gasteiger partial charge in [-0.1, -0.05) is 13.8 Å². The van der Waals surface area contributed by atoms with Crippen molar-refractivity contribution >= 4 is 11.6 Å². The summed E-state index contributed by atoms with van der Waals surface area (Å²) >= 11 is 0. The third-order valence-corrected chi connectivity index (χ3v) is 3.94. The lowest BCUT2D eigenvalue weighted by atomic mass is 10.2. The lowest BCUT2D eigenvalue weighted by molar-refractivity contribution is -0.184. The first-order chi connectivity index (χ1) is 14.5. The zero-order valence-corrected chi connectivity index (χ0v) is 17.1. The summed E-state index contributed by atoms with van der Waals surface area (Å²) in [4.78, 5) is 28.1. The molecule has 2 heterocycles. The molecule has 0 bridgehead atoms. The van der Waals surface area contributed by atoms with Crippen LogP contribution in [0.3, 0.4) is 0 Å². The number of carbonyl (C=O) groups excluding carboxylic acids is 1. The van der Waals surface area contributed by atoms with Crippen molar-refractivity contribution in [2.24, 2.45) is 5.73 Å². The van der Waals surface area contributed by atoms with Gasteiger partial charge in [0, 0.05) is 25.1 Å². The normalized spacial score (nSPS) is 11.6. The SMILES string of the molecule is CC.COC(COC(=O)CN)OCn1ccc2nc(-c3ccc(F)cc3)cn2c1=O. The van der Waals surface area contributed by atoms with E-state index in [0.29, 0.717) is 16.9 Å². The van der Waals surface area contributed by atoms with Crippen molar-refractivity contribution in [1.82, 2.24) is 14.0 Å². The largest absolute Gasteiger partial charge is 0.459 e. The second-order valence-corrected chi connectivity index (χ2v) is 5.78. The van der Waals surface area contributed by atoms with Crippen molar-refractivity contribution in [3.8, 4) is 11.3 Å². The molecular weight excluding hydrogens is 395 g/mol. The molecule has 0 aliphatic carbocycles. The van der Waals surface area contributed by atoms with E-state index in [1.165, 1.54) is 34.4 Å². The van der Waals surface area contributed by atoms with E-state index in [1.807, 2.05) is 13.8 Å². The van der Waals surface area contributed by atoms with Crippen molar-refractivity contribution < 1.29 is 23.4 Å². The molecule has 0 aliphatic rings. The van der Waals surface area contributed by atoms with E-state index in [-0.39, 0.29) is 31.4 Å². The van der Waals surface area contributed by atoms with Crippen LogP contribution in [0.4, 0.5) is 4.39 Å². The summed E-state index contributed by atoms with van der Waals surface area (Å²) in [5, 5.41) is 0. The van der Waals surface area contributed by atoms with Crippen LogP contribution >= 0.6 is 0 Å². The number of rotatable bonds is 8. The lowest BCUT2D eigenvalue weighted by Gasteiger charge is -2.16. The number of benzene rings is 1. The Hall–Kier alpha value is -3.08. The first kappa shape index (κ1) is 23.2. The van der Waals surface area contributed by atoms with E-state index in [9.17, 15) is 14.0 Å². The number of nitrogens with two attached hydrogens (primary N) is 1. The zero-order valence-electron chi connectivity index (χ0n) is 17.1. The quantitative estimate of drug-likeness (QED) is 0.437. The molecular formula is C20H25FN4O5. The summed E-state index contributed by atoms with van der Waals surface area (Å²) in [5.41, 5.74) is 6.45. The Kier molecular flexibility index (Phi) is 8.66. The van der Waals surface area contributed by atoms with E-state index in [0.717, 1.165) is 0 Å². The molecule has 0 fully saturated rings. The summed E-state index contributed by atoms with van der Waals surface area (Å²) in [6.45, 7) is 3.48. The van der Waals surface area contributed by atoms with Crippen LogP contribution in [0.15, 0.2) is 47.5 Å². The number of ether oxygens (including phenoxy) is 3. The maximum absolute atomic E-state index is 13.1. The van der Waals surface area contributed by atoms with E-state index in [2.05, 4.69) is 4.98 Å². The van der Waals surface area contributed by atoms with E-state index in [1.54, 1.807) is 24.4 Å². The summed E-state index contributed by atoms with van der Waals surface area (Å²) in [6, 6.07) is 7.48. The Bertz CT molecular complexity index is 1020. The highest BCUT2D eigenvalue weighted by Crippen LogP contribution is 2.18. The third-order valence-electron chi connectivity index (χ3n) is 3.94. The molecule has 0 saturated heterocycles. The van der Waals surface area contributed by atoms with Gasteiger partial charge in [0.1, 0.15) is 24.8 Å². The number of halogens is 1. The van der Waals surface area contributed by atoms with Gasteiger partial charge in [-0.05, 0) is 30.3 Å². The number of methoxy groups -OCH3 is 1. The molecule has 1 unspecified atom stereocenters. The lowest BCUT2D eigenvalue weighted by Crippen LogP contribution is -2.31. The molecule has 10 heteroatoms. The Morgan fingerprint density at radius 2 is 1.93 bits per heavy atom. The van der Waals surface area contributed by atoms with Crippen LogP contribution in [0.2, 0.25) is 0 Å². The van der Waals surface area contributed by atoms with Crippen LogP contribution in [0.1, 0.15) is 13.8 Å². The number of hydrogen-bond donors (Lipinski definition) is 1. The van der Waals surface area contributed by atoms with Crippen molar-refractivity contribution in [2.75, 3.05) is 20.3 Å². The van der Waals surface area contributed by atoms with Crippen molar-refractivity contribution in [2.45, 2.75) is 26.9 Å². The Morgan fingerprint density at radius 1 is 1.23 bits per heavy atom. The molecule has 1 atom stereocenters. The molecule has 3 aromatic rings. The van der Waals surface area contributed by atoms with Gasteiger partial charge >= 0.3 is 11.7 Å². The molecule has 162 valence electrons. The molecule has 3 rings (SSSR count). The van der Waals surface area contributed by atoms with Crippen LogP contribution < -0.4 is 11.4 Å². The smallest absolute Gasteiger partial charge is 0.335 e. The number of nitrogens with zero attached hydrogens (tertiary/aromatic N) is 3. The van der Waals surface area contributed by atoms with Crippen LogP contribution in [0, 0.1) is 5.82 Å². The molecule has 0 saturated carbocycles. The Labute approximate surface area is 172 Å². The number of esters is 1. The fourth-order valence-electron chi connectivity index (χ4n) is 2.45. The van der Waals surface area contributed by atoms with Crippen LogP contribution in [0.5, 0.6) is 0 Å². The van der Waals surface area contributed by atoms with Crippen molar-refractivity contribution in [1.29, 1.82) is 0 Å². The maximum atomic E-state index is 13.1. The van der Waals surface area contributed by atoms with E-state index < -0.39 is 12.3 Å². The first-order valence-electron chi connectivity index (χ1n) is 9.36. The number of carbonyl (C=O) groups is 1. The van der Waals surface area contributed by atoms with Gasteiger partial charge in [0.15, 0.2) is 6.29 Å². The van der Waals surface area contributed by atoms with Gasteiger partial charge in [-0.15, -0.1) is 0 Å². The average Bonchev–Trinajstić information content (AvgIpc) is 3.22. The molecule has 9 nitrogen and oxygen atoms in total. The number of aromatic nitrogens is 3. The van der Waals surface area contributed by atoms with Crippen LogP contribution in [-0.2, 0) is 25.7 Å². The fourth-order valence-corrected chi connectivity index (χ4v) is 2.45. The molecule has 1 aromatic carbocycles. The topological polar surface area (TPSA) is 110 Å². The summed E-state index contributed by atoms with van der Waals surface area (Å²) in [7, 11) is 1.39. The maximum Gasteiger partial charge on any atom is 0.335 e. The van der Waals surface area contributed by atoms with Gasteiger partial charge in [-0.3, -0.25) is 13.8 Å². The molecule has 0 aliphatic heterocycles. The number of imidazole rings is 1. The Balaban J connectivity index is 0.00000155. The van der Waals surface area contributed by atoms with Gasteiger partial charge in [0.05, 0.1) is 12.2 Å². The zero-order chi connectivity index (χ0) is 22.1. The van der Waals surface area contributed by atoms with Gasteiger partial charge in [-0.2, -0.15) is 0 Å². The molecule has 2 N–H and O–H groups in total. The summed E-state index contributed by atoms with van der Waals surface area (Å²) < 4.78 is 31.1. The standard InChI is InChI=1S/C18H19FN4O5.C2H6/c1-26-17(10-27-16(24)8-20)28-11-22-7-6-15-21-14(9-23(15)18(22)25)12-2-4-13(19)5-3-12;1-2/h2-7,9,17H,8,10-11,20H2,1H3;1-2H3. The highest BCUT2D eigenvalue weighted by molar-refractivity contribution is 5.71. The first-order valence-corrected chi connectivity index (χ1v) is 9.36. The molecule has 0 radical (unpaired) electrons. The predicted molar refractivity (Wildman–Crippen MR) is 108 cm³/mol. The molecule has 0 spiro atoms. The van der Waals surface area contributed by atoms with Crippen LogP contribution in [-0.4, -0.2) is 46.5 Å². The second-order valence-electron chi connectivity index (χ2n) is 5.78. The van der Waals surface area contributed by atoms with Crippen molar-refractivity contribution in [3.63, 3.8) is 0 Å². The second kappa shape index (κ2) is 11.2. The Morgan fingerprint density at radius 3 is 2.57 bits per heavy atom. The minimum Gasteiger partial charge on any atom is -0.459 e. The number of hydrogen-bond acceptors (Lipinski definition) is 7. The highest BCUT2D eigenvalue weighted by Gasteiger charge is 2.13. The van der Waals surface area contributed by atoms with Crippen molar-refractivity contribution in [3.05, 3.63) is 59.0 Å². The number of fused-ring (bicyclic) bond motifs is 1. The minimum atomic E-state index is -0.851. The molecule has 30 heavy (non-hydrogen) atoms. The van der Waals surface area contributed by atoms with Gasteiger partial charge < -0.3 is 19.9 Å². The van der Waals surface area contributed by atoms with E-state index in [4.69, 9.17) is 19.9 Å². The van der Waals surface area contributed by atoms with Gasteiger partial charge in [-0.25, -0.2) is 14.2 Å².